The van der Waals surface area contributed by atoms with Crippen molar-refractivity contribution in [3.8, 4) is 5.75 Å². The van der Waals surface area contributed by atoms with Crippen molar-refractivity contribution in [3.05, 3.63) is 46.2 Å². The summed E-state index contributed by atoms with van der Waals surface area (Å²) in [4.78, 5) is 28.0. The van der Waals surface area contributed by atoms with Gasteiger partial charge in [-0.05, 0) is 54.1 Å². The van der Waals surface area contributed by atoms with E-state index in [2.05, 4.69) is 29.0 Å². The summed E-state index contributed by atoms with van der Waals surface area (Å²) in [6, 6.07) is 9.05. The van der Waals surface area contributed by atoms with Crippen LogP contribution in [0.25, 0.3) is 0 Å². The summed E-state index contributed by atoms with van der Waals surface area (Å²) < 4.78 is 5.09. The van der Waals surface area contributed by atoms with Gasteiger partial charge in [-0.1, -0.05) is 6.92 Å². The van der Waals surface area contributed by atoms with Gasteiger partial charge in [-0.15, -0.1) is 11.3 Å². The van der Waals surface area contributed by atoms with Crippen LogP contribution >= 0.6 is 11.3 Å². The number of rotatable bonds is 6. The van der Waals surface area contributed by atoms with Gasteiger partial charge in [0.15, 0.2) is 0 Å². The maximum Gasteiger partial charge on any atom is 0.319 e. The van der Waals surface area contributed by atoms with Gasteiger partial charge >= 0.3 is 6.03 Å². The lowest BCUT2D eigenvalue weighted by atomic mass is 9.97. The highest BCUT2D eigenvalue weighted by atomic mass is 32.1. The molecule has 144 valence electrons. The number of carbonyl (C=O) groups is 2. The number of thiophene rings is 1. The third-order valence-electron chi connectivity index (χ3n) is 4.77. The van der Waals surface area contributed by atoms with Crippen molar-refractivity contribution in [2.45, 2.75) is 32.2 Å². The zero-order valence-corrected chi connectivity index (χ0v) is 16.5. The van der Waals surface area contributed by atoms with Crippen LogP contribution in [-0.4, -0.2) is 37.0 Å². The number of hydrogen-bond donors (Lipinski definition) is 2. The summed E-state index contributed by atoms with van der Waals surface area (Å²) in [5, 5.41) is 7.60. The van der Waals surface area contributed by atoms with Gasteiger partial charge in [-0.3, -0.25) is 4.79 Å². The summed E-state index contributed by atoms with van der Waals surface area (Å²) in [7, 11) is 1.59. The van der Waals surface area contributed by atoms with E-state index < -0.39 is 0 Å². The number of benzene rings is 1. The molecule has 0 aliphatic carbocycles. The number of nitrogens with one attached hydrogen (secondary N) is 2. The second-order valence-corrected chi connectivity index (χ2v) is 7.42. The van der Waals surface area contributed by atoms with Gasteiger partial charge in [0.1, 0.15) is 5.75 Å². The first kappa shape index (κ1) is 19.2. The van der Waals surface area contributed by atoms with Gasteiger partial charge in [0.25, 0.3) is 0 Å². The molecule has 6 nitrogen and oxygen atoms in total. The number of anilines is 1. The number of hydrogen-bond acceptors (Lipinski definition) is 4. The molecule has 3 amide bonds. The molecule has 1 atom stereocenters. The lowest BCUT2D eigenvalue weighted by Crippen LogP contribution is -2.41. The van der Waals surface area contributed by atoms with Gasteiger partial charge < -0.3 is 20.3 Å². The van der Waals surface area contributed by atoms with Gasteiger partial charge in [0.05, 0.1) is 13.2 Å². The number of carbonyl (C=O) groups excluding carboxylic acids is 2. The fraction of sp³-hybridized carbons (Fsp3) is 0.400. The second-order valence-electron chi connectivity index (χ2n) is 6.42. The van der Waals surface area contributed by atoms with Crippen LogP contribution in [0.3, 0.4) is 0 Å². The Morgan fingerprint density at radius 1 is 1.26 bits per heavy atom. The Morgan fingerprint density at radius 3 is 2.74 bits per heavy atom. The molecule has 0 radical (unpaired) electrons. The van der Waals surface area contributed by atoms with Crippen molar-refractivity contribution in [1.82, 2.24) is 10.2 Å². The molecule has 27 heavy (non-hydrogen) atoms. The molecule has 2 aromatic rings. The molecule has 1 aliphatic rings. The smallest absolute Gasteiger partial charge is 0.319 e. The minimum Gasteiger partial charge on any atom is -0.497 e. The first-order chi connectivity index (χ1) is 13.1. The molecule has 1 aliphatic heterocycles. The van der Waals surface area contributed by atoms with Crippen LogP contribution in [0.15, 0.2) is 35.7 Å². The number of methoxy groups -OCH3 is 1. The quantitative estimate of drug-likeness (QED) is 0.792. The zero-order valence-electron chi connectivity index (χ0n) is 15.7. The zero-order chi connectivity index (χ0) is 19.2. The molecule has 2 heterocycles. The van der Waals surface area contributed by atoms with Gasteiger partial charge in [0.2, 0.25) is 5.91 Å². The topological polar surface area (TPSA) is 70.7 Å². The first-order valence-electron chi connectivity index (χ1n) is 9.17. The highest BCUT2D eigenvalue weighted by Gasteiger charge is 2.29. The Hall–Kier alpha value is -2.54. The minimum atomic E-state index is -0.321. The van der Waals surface area contributed by atoms with Crippen molar-refractivity contribution in [2.24, 2.45) is 0 Å². The molecule has 0 saturated heterocycles. The molecule has 0 spiro atoms. The number of amides is 3. The minimum absolute atomic E-state index is 0.0865. The van der Waals surface area contributed by atoms with Crippen molar-refractivity contribution < 1.29 is 14.3 Å². The summed E-state index contributed by atoms with van der Waals surface area (Å²) in [5.41, 5.74) is 1.96. The van der Waals surface area contributed by atoms with E-state index in [0.717, 1.165) is 25.1 Å². The van der Waals surface area contributed by atoms with E-state index in [4.69, 9.17) is 4.74 Å². The Balaban J connectivity index is 1.47. The van der Waals surface area contributed by atoms with E-state index in [1.54, 1.807) is 42.7 Å². The molecule has 1 aromatic heterocycles. The lowest BCUT2D eigenvalue weighted by molar-refractivity contribution is -0.134. The first-order valence-corrected chi connectivity index (χ1v) is 10.0. The molecule has 0 bridgehead atoms. The number of fused-ring (bicyclic) bond motifs is 1. The average Bonchev–Trinajstić information content (AvgIpc) is 3.16. The van der Waals surface area contributed by atoms with Crippen LogP contribution in [0.1, 0.15) is 36.2 Å². The summed E-state index contributed by atoms with van der Waals surface area (Å²) in [6.07, 6.45) is 2.12. The SMILES string of the molecule is CC[C@@H]1c2ccsc2CCN1C(=O)CCNC(=O)Nc1ccc(OC)cc1. The van der Waals surface area contributed by atoms with Crippen molar-refractivity contribution in [1.29, 1.82) is 0 Å². The lowest BCUT2D eigenvalue weighted by Gasteiger charge is -2.35. The number of ether oxygens (including phenoxy) is 1. The summed E-state index contributed by atoms with van der Waals surface area (Å²) in [5.74, 6) is 0.816. The van der Waals surface area contributed by atoms with Crippen molar-refractivity contribution in [2.75, 3.05) is 25.5 Å². The Bertz CT molecular complexity index is 788. The average molecular weight is 388 g/mol. The Kier molecular flexibility index (Phi) is 6.34. The van der Waals surface area contributed by atoms with Gasteiger partial charge in [-0.2, -0.15) is 0 Å². The largest absolute Gasteiger partial charge is 0.497 e. The number of nitrogens with zero attached hydrogens (tertiary/aromatic N) is 1. The maximum absolute atomic E-state index is 12.7. The fourth-order valence-electron chi connectivity index (χ4n) is 3.41. The predicted octanol–water partition coefficient (Wildman–Crippen LogP) is 3.80. The predicted molar refractivity (Wildman–Crippen MR) is 107 cm³/mol. The van der Waals surface area contributed by atoms with E-state index >= 15 is 0 Å². The van der Waals surface area contributed by atoms with E-state index in [9.17, 15) is 9.59 Å². The summed E-state index contributed by atoms with van der Waals surface area (Å²) >= 11 is 1.77. The fourth-order valence-corrected chi connectivity index (χ4v) is 4.34. The molecular formula is C20H25N3O3S. The molecule has 0 unspecified atom stereocenters. The van der Waals surface area contributed by atoms with Crippen LogP contribution in [0.5, 0.6) is 5.75 Å². The molecule has 1 aromatic carbocycles. The van der Waals surface area contributed by atoms with E-state index in [-0.39, 0.29) is 18.0 Å². The second kappa shape index (κ2) is 8.90. The standard InChI is InChI=1S/C20H25N3O3S/c1-3-17-16-10-13-27-18(16)9-12-23(17)19(24)8-11-21-20(25)22-14-4-6-15(26-2)7-5-14/h4-7,10,13,17H,3,8-9,11-12H2,1-2H3,(H2,21,22,25)/t17-/m1/s1. The Morgan fingerprint density at radius 2 is 2.04 bits per heavy atom. The van der Waals surface area contributed by atoms with Gasteiger partial charge in [0, 0.05) is 30.1 Å². The van der Waals surface area contributed by atoms with Crippen molar-refractivity contribution >= 4 is 29.0 Å². The molecule has 3 rings (SSSR count). The third kappa shape index (κ3) is 4.60. The van der Waals surface area contributed by atoms with Crippen LogP contribution in [0.2, 0.25) is 0 Å². The maximum atomic E-state index is 12.7. The highest BCUT2D eigenvalue weighted by Crippen LogP contribution is 2.35. The van der Waals surface area contributed by atoms with Gasteiger partial charge in [-0.25, -0.2) is 4.79 Å². The highest BCUT2D eigenvalue weighted by molar-refractivity contribution is 7.10. The van der Waals surface area contributed by atoms with Crippen LogP contribution in [0, 0.1) is 0 Å². The normalized spacial score (nSPS) is 15.8. The van der Waals surface area contributed by atoms with Crippen LogP contribution in [0.4, 0.5) is 10.5 Å². The molecule has 7 heteroatoms. The number of urea groups is 1. The molecular weight excluding hydrogens is 362 g/mol. The third-order valence-corrected chi connectivity index (χ3v) is 5.77. The monoisotopic (exact) mass is 387 g/mol. The van der Waals surface area contributed by atoms with Crippen LogP contribution < -0.4 is 15.4 Å². The molecule has 0 fully saturated rings. The van der Waals surface area contributed by atoms with Crippen LogP contribution in [-0.2, 0) is 11.2 Å². The molecule has 2 N–H and O–H groups in total. The van der Waals surface area contributed by atoms with E-state index in [1.807, 2.05) is 4.90 Å². The Labute approximate surface area is 163 Å². The van der Waals surface area contributed by atoms with Crippen molar-refractivity contribution in [3.63, 3.8) is 0 Å². The van der Waals surface area contributed by atoms with E-state index in [0.29, 0.717) is 18.7 Å². The summed E-state index contributed by atoms with van der Waals surface area (Å²) in [6.45, 7) is 3.17. The van der Waals surface area contributed by atoms with E-state index in [1.165, 1.54) is 10.4 Å². The molecule has 0 saturated carbocycles.